The first-order chi connectivity index (χ1) is 14.3. The number of hydrogen-bond donors (Lipinski definition) is 1. The summed E-state index contributed by atoms with van der Waals surface area (Å²) in [6.45, 7) is 7.55. The summed E-state index contributed by atoms with van der Waals surface area (Å²) in [7, 11) is 0. The highest BCUT2D eigenvalue weighted by Gasteiger charge is 2.17. The highest BCUT2D eigenvalue weighted by Crippen LogP contribution is 2.22. The Morgan fingerprint density at radius 1 is 1.03 bits per heavy atom. The number of rotatable bonds is 4. The predicted molar refractivity (Wildman–Crippen MR) is 117 cm³/mol. The molecule has 0 radical (unpaired) electrons. The van der Waals surface area contributed by atoms with E-state index in [4.69, 9.17) is 0 Å². The van der Waals surface area contributed by atoms with E-state index in [9.17, 15) is 9.59 Å². The number of nitrogens with one attached hydrogen (secondary N) is 1. The Labute approximate surface area is 174 Å². The third-order valence-corrected chi connectivity index (χ3v) is 5.10. The SMILES string of the molecule is Cc1cc(C)c(NC(=O)Cn2nc(C)c3cnn(-c4ccccc4)c3c2=O)c(C)c1. The molecule has 2 aromatic carbocycles. The number of nitrogens with zero attached hydrogens (tertiary/aromatic N) is 4. The Balaban J connectivity index is 1.71. The zero-order valence-electron chi connectivity index (χ0n) is 17.4. The van der Waals surface area contributed by atoms with Crippen molar-refractivity contribution in [3.8, 4) is 5.69 Å². The molecule has 7 heteroatoms. The van der Waals surface area contributed by atoms with Crippen molar-refractivity contribution >= 4 is 22.5 Å². The fourth-order valence-corrected chi connectivity index (χ4v) is 3.79. The number of benzene rings is 2. The smallest absolute Gasteiger partial charge is 0.293 e. The summed E-state index contributed by atoms with van der Waals surface area (Å²) in [5.41, 5.74) is 5.33. The number of amides is 1. The zero-order valence-corrected chi connectivity index (χ0v) is 17.4. The predicted octanol–water partition coefficient (Wildman–Crippen LogP) is 3.45. The maximum absolute atomic E-state index is 13.2. The van der Waals surface area contributed by atoms with E-state index in [0.717, 1.165) is 28.1 Å². The third kappa shape index (κ3) is 3.50. The van der Waals surface area contributed by atoms with E-state index in [1.165, 1.54) is 4.68 Å². The number of aryl methyl sites for hydroxylation is 4. The Morgan fingerprint density at radius 2 is 1.70 bits per heavy atom. The first-order valence-electron chi connectivity index (χ1n) is 9.73. The molecule has 7 nitrogen and oxygen atoms in total. The van der Waals surface area contributed by atoms with Crippen LogP contribution in [-0.4, -0.2) is 25.5 Å². The lowest BCUT2D eigenvalue weighted by atomic mass is 10.1. The largest absolute Gasteiger partial charge is 0.324 e. The first kappa shape index (κ1) is 19.6. The van der Waals surface area contributed by atoms with E-state index >= 15 is 0 Å². The summed E-state index contributed by atoms with van der Waals surface area (Å²) in [4.78, 5) is 25.9. The standard InChI is InChI=1S/C23H23N5O2/c1-14-10-15(2)21(16(3)11-14)25-20(29)13-27-23(30)22-19(17(4)26-27)12-24-28(22)18-8-6-5-7-9-18/h5-12H,13H2,1-4H3,(H,25,29). The van der Waals surface area contributed by atoms with Crippen LogP contribution in [0.4, 0.5) is 5.69 Å². The van der Waals surface area contributed by atoms with Gasteiger partial charge in [0.25, 0.3) is 5.56 Å². The molecule has 0 aliphatic heterocycles. The molecule has 1 N–H and O–H groups in total. The van der Waals surface area contributed by atoms with Crippen LogP contribution in [0.2, 0.25) is 0 Å². The van der Waals surface area contributed by atoms with Crippen molar-refractivity contribution in [3.63, 3.8) is 0 Å². The molecule has 30 heavy (non-hydrogen) atoms. The maximum Gasteiger partial charge on any atom is 0.293 e. The molecule has 0 bridgehead atoms. The molecule has 0 saturated heterocycles. The van der Waals surface area contributed by atoms with E-state index in [0.29, 0.717) is 16.6 Å². The van der Waals surface area contributed by atoms with Crippen LogP contribution in [0.1, 0.15) is 22.4 Å². The van der Waals surface area contributed by atoms with E-state index in [1.54, 1.807) is 10.9 Å². The lowest BCUT2D eigenvalue weighted by Gasteiger charge is -2.13. The molecule has 0 fully saturated rings. The van der Waals surface area contributed by atoms with Crippen LogP contribution in [0.25, 0.3) is 16.6 Å². The van der Waals surface area contributed by atoms with Gasteiger partial charge in [0.15, 0.2) is 0 Å². The molecule has 0 atom stereocenters. The van der Waals surface area contributed by atoms with Crippen LogP contribution in [0.5, 0.6) is 0 Å². The van der Waals surface area contributed by atoms with Crippen LogP contribution < -0.4 is 10.9 Å². The minimum Gasteiger partial charge on any atom is -0.324 e. The molecule has 0 spiro atoms. The van der Waals surface area contributed by atoms with Crippen molar-refractivity contribution < 1.29 is 4.79 Å². The molecule has 4 rings (SSSR count). The first-order valence-corrected chi connectivity index (χ1v) is 9.73. The van der Waals surface area contributed by atoms with Crippen molar-refractivity contribution in [3.05, 3.63) is 81.4 Å². The quantitative estimate of drug-likeness (QED) is 0.568. The summed E-state index contributed by atoms with van der Waals surface area (Å²) < 4.78 is 2.79. The van der Waals surface area contributed by atoms with Gasteiger partial charge in [-0.05, 0) is 51.0 Å². The van der Waals surface area contributed by atoms with Gasteiger partial charge in [0, 0.05) is 11.1 Å². The molecule has 0 aliphatic carbocycles. The zero-order chi connectivity index (χ0) is 21.4. The van der Waals surface area contributed by atoms with Gasteiger partial charge < -0.3 is 5.32 Å². The van der Waals surface area contributed by atoms with E-state index < -0.39 is 0 Å². The van der Waals surface area contributed by atoms with Crippen LogP contribution >= 0.6 is 0 Å². The summed E-state index contributed by atoms with van der Waals surface area (Å²) in [5.74, 6) is -0.302. The Kier molecular flexibility index (Phi) is 4.95. The molecule has 0 saturated carbocycles. The Morgan fingerprint density at radius 3 is 2.37 bits per heavy atom. The number of hydrogen-bond acceptors (Lipinski definition) is 4. The van der Waals surface area contributed by atoms with Gasteiger partial charge in [0.05, 0.1) is 17.6 Å². The minimum atomic E-state index is -0.357. The maximum atomic E-state index is 13.2. The van der Waals surface area contributed by atoms with Crippen molar-refractivity contribution in [2.75, 3.05) is 5.32 Å². The van der Waals surface area contributed by atoms with E-state index in [2.05, 4.69) is 15.5 Å². The monoisotopic (exact) mass is 401 g/mol. The summed E-state index contributed by atoms with van der Waals surface area (Å²) in [6.07, 6.45) is 1.63. The fraction of sp³-hybridized carbons (Fsp3) is 0.217. The van der Waals surface area contributed by atoms with E-state index in [-0.39, 0.29) is 18.0 Å². The number of aromatic nitrogens is 4. The van der Waals surface area contributed by atoms with Crippen LogP contribution in [-0.2, 0) is 11.3 Å². The molecular weight excluding hydrogens is 378 g/mol. The van der Waals surface area contributed by atoms with Crippen LogP contribution in [0.15, 0.2) is 53.5 Å². The Bertz CT molecular complexity index is 1300. The van der Waals surface area contributed by atoms with Gasteiger partial charge in [0.1, 0.15) is 12.1 Å². The highest BCUT2D eigenvalue weighted by molar-refractivity contribution is 5.92. The second-order valence-electron chi connectivity index (χ2n) is 7.52. The summed E-state index contributed by atoms with van der Waals surface area (Å²) in [5, 5.41) is 12.3. The molecule has 1 amide bonds. The molecule has 152 valence electrons. The molecule has 0 aliphatic rings. The van der Waals surface area contributed by atoms with Gasteiger partial charge in [-0.1, -0.05) is 35.9 Å². The third-order valence-electron chi connectivity index (χ3n) is 5.10. The van der Waals surface area contributed by atoms with Gasteiger partial charge in [-0.15, -0.1) is 0 Å². The number of fused-ring (bicyclic) bond motifs is 1. The Hall–Kier alpha value is -3.74. The summed E-state index contributed by atoms with van der Waals surface area (Å²) in [6, 6.07) is 13.5. The van der Waals surface area contributed by atoms with Crippen molar-refractivity contribution in [2.45, 2.75) is 34.2 Å². The number of carbonyl (C=O) groups excluding carboxylic acids is 1. The topological polar surface area (TPSA) is 81.8 Å². The average molecular weight is 401 g/mol. The number of carbonyl (C=O) groups is 1. The second kappa shape index (κ2) is 7.59. The molecular formula is C23H23N5O2. The van der Waals surface area contributed by atoms with Crippen LogP contribution in [0, 0.1) is 27.7 Å². The minimum absolute atomic E-state index is 0.178. The average Bonchev–Trinajstić information content (AvgIpc) is 3.15. The molecule has 4 aromatic rings. The summed E-state index contributed by atoms with van der Waals surface area (Å²) >= 11 is 0. The van der Waals surface area contributed by atoms with Crippen molar-refractivity contribution in [1.29, 1.82) is 0 Å². The van der Waals surface area contributed by atoms with Gasteiger partial charge in [0.2, 0.25) is 5.91 Å². The fourth-order valence-electron chi connectivity index (χ4n) is 3.79. The van der Waals surface area contributed by atoms with Crippen LogP contribution in [0.3, 0.4) is 0 Å². The molecule has 2 aromatic heterocycles. The molecule has 0 unspecified atom stereocenters. The normalized spacial score (nSPS) is 11.1. The lowest BCUT2D eigenvalue weighted by molar-refractivity contribution is -0.117. The second-order valence-corrected chi connectivity index (χ2v) is 7.52. The lowest BCUT2D eigenvalue weighted by Crippen LogP contribution is -2.31. The van der Waals surface area contributed by atoms with Crippen molar-refractivity contribution in [1.82, 2.24) is 19.6 Å². The van der Waals surface area contributed by atoms with Crippen molar-refractivity contribution in [2.24, 2.45) is 0 Å². The number of para-hydroxylation sites is 1. The van der Waals surface area contributed by atoms with Gasteiger partial charge in [-0.25, -0.2) is 9.36 Å². The molecule has 2 heterocycles. The van der Waals surface area contributed by atoms with Gasteiger partial charge in [-0.2, -0.15) is 10.2 Å². The van der Waals surface area contributed by atoms with Gasteiger partial charge >= 0.3 is 0 Å². The highest BCUT2D eigenvalue weighted by atomic mass is 16.2. The van der Waals surface area contributed by atoms with E-state index in [1.807, 2.05) is 70.2 Å². The van der Waals surface area contributed by atoms with Gasteiger partial charge in [-0.3, -0.25) is 9.59 Å². The number of anilines is 1.